The van der Waals surface area contributed by atoms with Gasteiger partial charge < -0.3 is 14.2 Å². The lowest BCUT2D eigenvalue weighted by molar-refractivity contribution is -0.167. The fourth-order valence-electron chi connectivity index (χ4n) is 10.0. The molecule has 0 aromatic rings. The van der Waals surface area contributed by atoms with Crippen molar-refractivity contribution in [3.05, 3.63) is 24.3 Å². The molecule has 0 heterocycles. The Bertz CT molecular complexity index is 1180. The number of hydrogen-bond acceptors (Lipinski definition) is 6. The Morgan fingerprint density at radius 2 is 0.493 bits per heavy atom. The third-order valence-corrected chi connectivity index (χ3v) is 15.0. The van der Waals surface area contributed by atoms with Crippen molar-refractivity contribution in [2.24, 2.45) is 0 Å². The number of esters is 3. The third-order valence-electron chi connectivity index (χ3n) is 15.0. The van der Waals surface area contributed by atoms with Crippen LogP contribution in [0, 0.1) is 0 Å². The highest BCUT2D eigenvalue weighted by molar-refractivity contribution is 5.71. The Kier molecular flexibility index (Phi) is 60.6. The summed E-state index contributed by atoms with van der Waals surface area (Å²) in [4.78, 5) is 38.3. The zero-order valence-corrected chi connectivity index (χ0v) is 49.4. The zero-order valence-electron chi connectivity index (χ0n) is 49.4. The van der Waals surface area contributed by atoms with Crippen molar-refractivity contribution in [3.8, 4) is 0 Å². The molecule has 73 heavy (non-hydrogen) atoms. The molecule has 0 spiro atoms. The molecule has 0 saturated carbocycles. The molecule has 6 heteroatoms. The van der Waals surface area contributed by atoms with E-state index in [4.69, 9.17) is 14.2 Å². The minimum absolute atomic E-state index is 0.0709. The van der Waals surface area contributed by atoms with Gasteiger partial charge >= 0.3 is 17.9 Å². The highest BCUT2D eigenvalue weighted by Crippen LogP contribution is 2.18. The first-order valence-electron chi connectivity index (χ1n) is 32.8. The monoisotopic (exact) mass is 1030 g/mol. The second-order valence-corrected chi connectivity index (χ2v) is 22.4. The van der Waals surface area contributed by atoms with E-state index in [2.05, 4.69) is 45.1 Å². The molecule has 0 aliphatic carbocycles. The van der Waals surface area contributed by atoms with Crippen LogP contribution >= 0.6 is 0 Å². The van der Waals surface area contributed by atoms with Gasteiger partial charge in [0.15, 0.2) is 6.10 Å². The van der Waals surface area contributed by atoms with Gasteiger partial charge in [-0.15, -0.1) is 0 Å². The topological polar surface area (TPSA) is 78.9 Å². The Balaban J connectivity index is 4.28. The number of unbranched alkanes of at least 4 members (excludes halogenated alkanes) is 46. The molecule has 0 bridgehead atoms. The lowest BCUT2D eigenvalue weighted by Gasteiger charge is -2.18. The van der Waals surface area contributed by atoms with Gasteiger partial charge in [-0.05, 0) is 51.4 Å². The molecule has 1 atom stereocenters. The predicted molar refractivity (Wildman–Crippen MR) is 316 cm³/mol. The maximum atomic E-state index is 12.9. The van der Waals surface area contributed by atoms with Crippen molar-refractivity contribution in [1.82, 2.24) is 0 Å². The summed E-state index contributed by atoms with van der Waals surface area (Å²) < 4.78 is 17.0. The van der Waals surface area contributed by atoms with Gasteiger partial charge in [0.05, 0.1) is 0 Å². The molecule has 0 radical (unpaired) electrons. The average Bonchev–Trinajstić information content (AvgIpc) is 3.39. The van der Waals surface area contributed by atoms with E-state index in [-0.39, 0.29) is 31.1 Å². The van der Waals surface area contributed by atoms with Crippen LogP contribution in [0.3, 0.4) is 0 Å². The molecule has 6 nitrogen and oxygen atoms in total. The fraction of sp³-hybridized carbons (Fsp3) is 0.896. The molecule has 430 valence electrons. The average molecular weight is 1030 g/mol. The molecular weight excluding hydrogens is 901 g/mol. The minimum atomic E-state index is -0.775. The van der Waals surface area contributed by atoms with E-state index in [1.807, 2.05) is 0 Å². The van der Waals surface area contributed by atoms with Crippen LogP contribution in [0.25, 0.3) is 0 Å². The molecule has 0 aromatic carbocycles. The number of hydrogen-bond donors (Lipinski definition) is 0. The van der Waals surface area contributed by atoms with Gasteiger partial charge in [0.25, 0.3) is 0 Å². The number of rotatable bonds is 61. The Morgan fingerprint density at radius 3 is 0.781 bits per heavy atom. The van der Waals surface area contributed by atoms with E-state index in [1.54, 1.807) is 0 Å². The lowest BCUT2D eigenvalue weighted by atomic mass is 10.0. The van der Waals surface area contributed by atoms with Gasteiger partial charge in [-0.3, -0.25) is 14.4 Å². The van der Waals surface area contributed by atoms with Crippen LogP contribution in [0.2, 0.25) is 0 Å². The summed E-state index contributed by atoms with van der Waals surface area (Å²) in [6, 6.07) is 0. The third kappa shape index (κ3) is 60.6. The zero-order chi connectivity index (χ0) is 52.9. The molecule has 0 N–H and O–H groups in total. The van der Waals surface area contributed by atoms with Gasteiger partial charge in [0, 0.05) is 19.3 Å². The molecule has 0 unspecified atom stereocenters. The Hall–Kier alpha value is -2.11. The summed E-state index contributed by atoms with van der Waals surface area (Å²) in [6.45, 7) is 6.68. The highest BCUT2D eigenvalue weighted by atomic mass is 16.6. The summed E-state index contributed by atoms with van der Waals surface area (Å²) in [7, 11) is 0. The van der Waals surface area contributed by atoms with Crippen LogP contribution in [-0.2, 0) is 28.6 Å². The second kappa shape index (κ2) is 62.4. The summed E-state index contributed by atoms with van der Waals surface area (Å²) in [6.07, 6.45) is 74.7. The summed E-state index contributed by atoms with van der Waals surface area (Å²) in [5.41, 5.74) is 0. The van der Waals surface area contributed by atoms with Crippen molar-refractivity contribution < 1.29 is 28.6 Å². The second-order valence-electron chi connectivity index (χ2n) is 22.4. The van der Waals surface area contributed by atoms with Crippen LogP contribution < -0.4 is 0 Å². The quantitative estimate of drug-likeness (QED) is 0.0261. The number of carbonyl (C=O) groups is 3. The Morgan fingerprint density at radius 1 is 0.274 bits per heavy atom. The molecule has 0 aliphatic heterocycles. The van der Waals surface area contributed by atoms with E-state index in [1.165, 1.54) is 250 Å². The van der Waals surface area contributed by atoms with E-state index in [9.17, 15) is 14.4 Å². The standard InChI is InChI=1S/C67H126O6/c1-4-7-10-13-16-19-22-25-28-30-32-33-35-37-40-42-45-48-51-54-57-60-66(69)72-63-64(73-67(70)61-58-55-52-49-46-43-38-27-24-21-18-15-12-9-6-3)62-71-65(68)59-56-53-50-47-44-41-39-36-34-31-29-26-23-20-17-14-11-8-5-2/h18,21,27,38,64H,4-17,19-20,22-26,28-37,39-63H2,1-3H3/b21-18-,38-27-/t64-/m0/s1. The first-order valence-corrected chi connectivity index (χ1v) is 32.8. The van der Waals surface area contributed by atoms with Gasteiger partial charge in [-0.25, -0.2) is 0 Å². The van der Waals surface area contributed by atoms with Crippen molar-refractivity contribution in [1.29, 1.82) is 0 Å². The molecule has 0 aromatic heterocycles. The van der Waals surface area contributed by atoms with Crippen LogP contribution in [0.4, 0.5) is 0 Å². The van der Waals surface area contributed by atoms with E-state index in [0.29, 0.717) is 19.3 Å². The lowest BCUT2D eigenvalue weighted by Crippen LogP contribution is -2.30. The summed E-state index contributed by atoms with van der Waals surface area (Å²) in [5.74, 6) is -0.855. The summed E-state index contributed by atoms with van der Waals surface area (Å²) >= 11 is 0. The molecule has 0 aliphatic rings. The van der Waals surface area contributed by atoms with Crippen LogP contribution in [0.15, 0.2) is 24.3 Å². The number of allylic oxidation sites excluding steroid dienone is 4. The van der Waals surface area contributed by atoms with Crippen LogP contribution in [0.1, 0.15) is 367 Å². The smallest absolute Gasteiger partial charge is 0.306 e. The highest BCUT2D eigenvalue weighted by Gasteiger charge is 2.19. The van der Waals surface area contributed by atoms with Gasteiger partial charge in [-0.1, -0.05) is 321 Å². The fourth-order valence-corrected chi connectivity index (χ4v) is 10.0. The van der Waals surface area contributed by atoms with Crippen molar-refractivity contribution >= 4 is 17.9 Å². The van der Waals surface area contributed by atoms with E-state index >= 15 is 0 Å². The predicted octanol–water partition coefficient (Wildman–Crippen LogP) is 22.2. The van der Waals surface area contributed by atoms with E-state index in [0.717, 1.165) is 77.0 Å². The molecular formula is C67H126O6. The largest absolute Gasteiger partial charge is 0.462 e. The minimum Gasteiger partial charge on any atom is -0.462 e. The molecule has 0 amide bonds. The normalized spacial score (nSPS) is 12.1. The summed E-state index contributed by atoms with van der Waals surface area (Å²) in [5, 5.41) is 0. The molecule has 0 fully saturated rings. The Labute approximate surface area is 455 Å². The van der Waals surface area contributed by atoms with Gasteiger partial charge in [-0.2, -0.15) is 0 Å². The van der Waals surface area contributed by atoms with Crippen molar-refractivity contribution in [3.63, 3.8) is 0 Å². The van der Waals surface area contributed by atoms with Gasteiger partial charge in [0.2, 0.25) is 0 Å². The first kappa shape index (κ1) is 70.9. The molecule has 0 rings (SSSR count). The number of carbonyl (C=O) groups excluding carboxylic acids is 3. The van der Waals surface area contributed by atoms with Crippen molar-refractivity contribution in [2.75, 3.05) is 13.2 Å². The van der Waals surface area contributed by atoms with Crippen LogP contribution in [-0.4, -0.2) is 37.2 Å². The molecule has 0 saturated heterocycles. The maximum absolute atomic E-state index is 12.9. The maximum Gasteiger partial charge on any atom is 0.306 e. The van der Waals surface area contributed by atoms with Crippen molar-refractivity contribution in [2.45, 2.75) is 374 Å². The SMILES string of the molecule is CCCCC/C=C\C/C=C\CCCCCCCC(=O)O[C@@H](COC(=O)CCCCCCCCCCCCCCCCCCCCC)COC(=O)CCCCCCCCCCCCCCCCCCCCCCC. The van der Waals surface area contributed by atoms with E-state index < -0.39 is 6.10 Å². The number of ether oxygens (including phenoxy) is 3. The van der Waals surface area contributed by atoms with Gasteiger partial charge in [0.1, 0.15) is 13.2 Å². The van der Waals surface area contributed by atoms with Crippen LogP contribution in [0.5, 0.6) is 0 Å². The first-order chi connectivity index (χ1) is 36.0.